The van der Waals surface area contributed by atoms with E-state index in [1.165, 1.54) is 29.2 Å². The lowest BCUT2D eigenvalue weighted by molar-refractivity contribution is -0.387. The fourth-order valence-corrected chi connectivity index (χ4v) is 3.55. The lowest BCUT2D eigenvalue weighted by atomic mass is 10.2. The van der Waals surface area contributed by atoms with Crippen LogP contribution in [0.15, 0.2) is 27.9 Å². The minimum atomic E-state index is -0.941. The highest BCUT2D eigenvalue weighted by molar-refractivity contribution is 8.02. The van der Waals surface area contributed by atoms with Crippen LogP contribution in [0.1, 0.15) is 12.6 Å². The molecule has 0 aliphatic rings. The van der Waals surface area contributed by atoms with Crippen LogP contribution in [0.2, 0.25) is 0 Å². The van der Waals surface area contributed by atoms with Crippen molar-refractivity contribution >= 4 is 40.4 Å². The molecule has 0 radical (unpaired) electrons. The van der Waals surface area contributed by atoms with Crippen molar-refractivity contribution in [2.24, 2.45) is 0 Å². The number of hydrogen-bond donors (Lipinski definition) is 1. The highest BCUT2D eigenvalue weighted by atomic mass is 32.2. The molecule has 1 heterocycles. The summed E-state index contributed by atoms with van der Waals surface area (Å²) in [5, 5.41) is 14.7. The maximum atomic E-state index is 13.2. The van der Waals surface area contributed by atoms with Gasteiger partial charge in [0.2, 0.25) is 11.7 Å². The maximum absolute atomic E-state index is 13.2. The summed E-state index contributed by atoms with van der Waals surface area (Å²) in [5.41, 5.74) is 0.392. The Hall–Kier alpha value is -2.00. The number of rotatable bonds is 5. The van der Waals surface area contributed by atoms with E-state index in [0.717, 1.165) is 22.2 Å². The van der Waals surface area contributed by atoms with Gasteiger partial charge in [-0.2, -0.15) is 4.39 Å². The van der Waals surface area contributed by atoms with E-state index in [-0.39, 0.29) is 11.6 Å². The summed E-state index contributed by atoms with van der Waals surface area (Å²) in [7, 11) is 0. The number of carbonyl (C=O) groups is 1. The van der Waals surface area contributed by atoms with Gasteiger partial charge in [0.25, 0.3) is 0 Å². The van der Waals surface area contributed by atoms with Gasteiger partial charge in [-0.05, 0) is 26.0 Å². The number of nitro groups is 1. The molecule has 116 valence electrons. The second kappa shape index (κ2) is 6.84. The zero-order chi connectivity index (χ0) is 16.3. The number of nitrogens with zero attached hydrogens (tertiary/aromatic N) is 2. The molecule has 0 fully saturated rings. The SMILES string of the molecule is Cc1csc(S[C@H](C)C(=O)Nc2ccc(F)c([N+](=O)[O-])c2)n1. The topological polar surface area (TPSA) is 85.1 Å². The average molecular weight is 341 g/mol. The predicted octanol–water partition coefficient (Wildman–Crippen LogP) is 3.62. The van der Waals surface area contributed by atoms with Gasteiger partial charge in [-0.25, -0.2) is 4.98 Å². The summed E-state index contributed by atoms with van der Waals surface area (Å²) in [6.45, 7) is 3.57. The van der Waals surface area contributed by atoms with E-state index < -0.39 is 21.7 Å². The summed E-state index contributed by atoms with van der Waals surface area (Å²) in [5.74, 6) is -1.28. The van der Waals surface area contributed by atoms with Crippen molar-refractivity contribution in [2.75, 3.05) is 5.32 Å². The second-order valence-corrected chi connectivity index (χ2v) is 6.87. The van der Waals surface area contributed by atoms with E-state index in [4.69, 9.17) is 0 Å². The number of thiazole rings is 1. The molecular formula is C13H12FN3O3S2. The van der Waals surface area contributed by atoms with Crippen LogP contribution in [0.5, 0.6) is 0 Å². The van der Waals surface area contributed by atoms with Crippen molar-refractivity contribution in [2.45, 2.75) is 23.4 Å². The minimum Gasteiger partial charge on any atom is -0.325 e. The largest absolute Gasteiger partial charge is 0.325 e. The predicted molar refractivity (Wildman–Crippen MR) is 83.9 cm³/mol. The summed E-state index contributed by atoms with van der Waals surface area (Å²) in [4.78, 5) is 26.2. The highest BCUT2D eigenvalue weighted by Gasteiger charge is 2.19. The Kier molecular flexibility index (Phi) is 5.09. The Balaban J connectivity index is 2.05. The highest BCUT2D eigenvalue weighted by Crippen LogP contribution is 2.28. The van der Waals surface area contributed by atoms with E-state index >= 15 is 0 Å². The Morgan fingerprint density at radius 3 is 2.86 bits per heavy atom. The molecule has 0 spiro atoms. The van der Waals surface area contributed by atoms with Gasteiger partial charge in [0.1, 0.15) is 0 Å². The van der Waals surface area contributed by atoms with Crippen LogP contribution in [0.3, 0.4) is 0 Å². The van der Waals surface area contributed by atoms with E-state index in [1.807, 2.05) is 12.3 Å². The van der Waals surface area contributed by atoms with Crippen LogP contribution in [-0.4, -0.2) is 21.1 Å². The molecule has 2 aromatic rings. The third-order valence-electron chi connectivity index (χ3n) is 2.66. The van der Waals surface area contributed by atoms with Crippen LogP contribution < -0.4 is 5.32 Å². The maximum Gasteiger partial charge on any atom is 0.306 e. The fourth-order valence-electron chi connectivity index (χ4n) is 1.57. The van der Waals surface area contributed by atoms with Crippen molar-refractivity contribution in [1.29, 1.82) is 0 Å². The lowest BCUT2D eigenvalue weighted by Crippen LogP contribution is -2.22. The smallest absolute Gasteiger partial charge is 0.306 e. The standard InChI is InChI=1S/C13H12FN3O3S2/c1-7-6-21-13(15-7)22-8(2)12(18)16-9-3-4-10(14)11(5-9)17(19)20/h3-6,8H,1-2H3,(H,16,18)/t8-/m1/s1. The molecule has 0 unspecified atom stereocenters. The number of amides is 1. The number of thioether (sulfide) groups is 1. The van der Waals surface area contributed by atoms with E-state index in [1.54, 1.807) is 6.92 Å². The zero-order valence-corrected chi connectivity index (χ0v) is 13.3. The summed E-state index contributed by atoms with van der Waals surface area (Å²) in [6.07, 6.45) is 0. The fraction of sp³-hybridized carbons (Fsp3) is 0.231. The Labute approximate surface area is 133 Å². The van der Waals surface area contributed by atoms with Crippen LogP contribution in [0, 0.1) is 22.9 Å². The monoisotopic (exact) mass is 341 g/mol. The second-order valence-electron chi connectivity index (χ2n) is 4.43. The number of hydrogen-bond acceptors (Lipinski definition) is 6. The molecular weight excluding hydrogens is 329 g/mol. The van der Waals surface area contributed by atoms with Crippen molar-refractivity contribution in [3.05, 3.63) is 45.2 Å². The lowest BCUT2D eigenvalue weighted by Gasteiger charge is -2.10. The third kappa shape index (κ3) is 4.01. The first-order valence-electron chi connectivity index (χ1n) is 6.20. The first-order valence-corrected chi connectivity index (χ1v) is 7.96. The molecule has 0 aliphatic carbocycles. The number of aryl methyl sites for hydroxylation is 1. The number of aromatic nitrogens is 1. The molecule has 0 aliphatic heterocycles. The first-order chi connectivity index (χ1) is 10.4. The van der Waals surface area contributed by atoms with Gasteiger partial charge in [-0.1, -0.05) is 11.8 Å². The average Bonchev–Trinajstić information content (AvgIpc) is 2.85. The summed E-state index contributed by atoms with van der Waals surface area (Å²) in [6, 6.07) is 3.24. The Morgan fingerprint density at radius 1 is 1.55 bits per heavy atom. The summed E-state index contributed by atoms with van der Waals surface area (Å²) >= 11 is 2.74. The third-order valence-corrected chi connectivity index (χ3v) is 4.84. The van der Waals surface area contributed by atoms with E-state index in [0.29, 0.717) is 0 Å². The molecule has 1 aromatic carbocycles. The number of halogens is 1. The Morgan fingerprint density at radius 2 is 2.27 bits per heavy atom. The van der Waals surface area contributed by atoms with Crippen molar-refractivity contribution in [1.82, 2.24) is 4.98 Å². The molecule has 1 N–H and O–H groups in total. The van der Waals surface area contributed by atoms with Gasteiger partial charge in [-0.15, -0.1) is 11.3 Å². The molecule has 0 bridgehead atoms. The molecule has 6 nitrogen and oxygen atoms in total. The number of nitrogens with one attached hydrogen (secondary N) is 1. The number of anilines is 1. The molecule has 22 heavy (non-hydrogen) atoms. The zero-order valence-electron chi connectivity index (χ0n) is 11.7. The normalized spacial score (nSPS) is 12.0. The van der Waals surface area contributed by atoms with E-state index in [2.05, 4.69) is 10.3 Å². The van der Waals surface area contributed by atoms with E-state index in [9.17, 15) is 19.3 Å². The van der Waals surface area contributed by atoms with Crippen molar-refractivity contribution < 1.29 is 14.1 Å². The van der Waals surface area contributed by atoms with Gasteiger partial charge in [-0.3, -0.25) is 14.9 Å². The van der Waals surface area contributed by atoms with Gasteiger partial charge in [0.15, 0.2) is 4.34 Å². The van der Waals surface area contributed by atoms with Crippen LogP contribution in [-0.2, 0) is 4.79 Å². The molecule has 0 saturated heterocycles. The molecule has 1 aromatic heterocycles. The van der Waals surface area contributed by atoms with Gasteiger partial charge in [0, 0.05) is 22.8 Å². The Bertz CT molecular complexity index is 720. The van der Waals surface area contributed by atoms with Gasteiger partial charge < -0.3 is 5.32 Å². The van der Waals surface area contributed by atoms with Gasteiger partial charge in [0.05, 0.1) is 10.2 Å². The van der Waals surface area contributed by atoms with Crippen LogP contribution in [0.25, 0.3) is 0 Å². The van der Waals surface area contributed by atoms with Crippen LogP contribution >= 0.6 is 23.1 Å². The first kappa shape index (κ1) is 16.4. The molecule has 0 saturated carbocycles. The molecule has 1 amide bonds. The molecule has 1 atom stereocenters. The van der Waals surface area contributed by atoms with Gasteiger partial charge >= 0.3 is 5.69 Å². The quantitative estimate of drug-likeness (QED) is 0.510. The number of nitro benzene ring substituents is 1. The van der Waals surface area contributed by atoms with Crippen molar-refractivity contribution in [3.8, 4) is 0 Å². The van der Waals surface area contributed by atoms with Crippen molar-refractivity contribution in [3.63, 3.8) is 0 Å². The minimum absolute atomic E-state index is 0.181. The molecule has 2 rings (SSSR count). The number of carbonyl (C=O) groups excluding carboxylic acids is 1. The summed E-state index contributed by atoms with van der Waals surface area (Å²) < 4.78 is 14.0. The van der Waals surface area contributed by atoms with Crippen LogP contribution in [0.4, 0.5) is 15.8 Å². The number of benzene rings is 1. The molecule has 9 heteroatoms.